The first-order chi connectivity index (χ1) is 11.2. The number of carbonyl (C=O) groups is 1. The summed E-state index contributed by atoms with van der Waals surface area (Å²) in [6.07, 6.45) is 2.90. The molecule has 126 valence electrons. The third-order valence-electron chi connectivity index (χ3n) is 5.78. The maximum absolute atomic E-state index is 12.3. The fourth-order valence-corrected chi connectivity index (χ4v) is 4.06. The number of amides is 1. The second-order valence-electron chi connectivity index (χ2n) is 6.99. The molecule has 4 heteroatoms. The van der Waals surface area contributed by atoms with Gasteiger partial charge in [0.2, 0.25) is 5.91 Å². The topological polar surface area (TPSA) is 35.6 Å². The number of hydrogen-bond donors (Lipinski definition) is 1. The molecule has 1 aromatic carbocycles. The Balaban J connectivity index is 1.51. The summed E-state index contributed by atoms with van der Waals surface area (Å²) in [6.45, 7) is 9.57. The van der Waals surface area contributed by atoms with Gasteiger partial charge in [0.1, 0.15) is 0 Å². The lowest BCUT2D eigenvalue weighted by Crippen LogP contribution is -2.50. The van der Waals surface area contributed by atoms with E-state index in [1.54, 1.807) is 0 Å². The van der Waals surface area contributed by atoms with Gasteiger partial charge in [-0.1, -0.05) is 32.0 Å². The van der Waals surface area contributed by atoms with Crippen LogP contribution in [0, 0.1) is 5.41 Å². The van der Waals surface area contributed by atoms with Crippen LogP contribution in [0.2, 0.25) is 0 Å². The fourth-order valence-electron chi connectivity index (χ4n) is 4.06. The number of carbonyl (C=O) groups excluding carboxylic acids is 1. The Morgan fingerprint density at radius 3 is 2.30 bits per heavy atom. The van der Waals surface area contributed by atoms with Gasteiger partial charge < -0.3 is 10.2 Å². The van der Waals surface area contributed by atoms with Gasteiger partial charge in [-0.15, -0.1) is 0 Å². The Morgan fingerprint density at radius 1 is 1.09 bits per heavy atom. The number of anilines is 1. The van der Waals surface area contributed by atoms with Crippen molar-refractivity contribution < 1.29 is 4.79 Å². The summed E-state index contributed by atoms with van der Waals surface area (Å²) in [6, 6.07) is 11.0. The minimum Gasteiger partial charge on any atom is -0.369 e. The maximum atomic E-state index is 12.3. The van der Waals surface area contributed by atoms with Crippen molar-refractivity contribution in [2.45, 2.75) is 39.2 Å². The van der Waals surface area contributed by atoms with Crippen molar-refractivity contribution >= 4 is 11.6 Å². The van der Waals surface area contributed by atoms with E-state index in [9.17, 15) is 4.79 Å². The number of hydrogen-bond acceptors (Lipinski definition) is 3. The summed E-state index contributed by atoms with van der Waals surface area (Å²) in [4.78, 5) is 17.3. The number of para-hydroxylation sites is 1. The lowest BCUT2D eigenvalue weighted by Gasteiger charge is -2.37. The summed E-state index contributed by atoms with van der Waals surface area (Å²) in [5.41, 5.74) is 1.20. The largest absolute Gasteiger partial charge is 0.369 e. The average molecular weight is 315 g/mol. The van der Waals surface area contributed by atoms with E-state index in [1.807, 2.05) is 0 Å². The zero-order valence-electron chi connectivity index (χ0n) is 14.4. The van der Waals surface area contributed by atoms with Crippen molar-refractivity contribution in [3.05, 3.63) is 30.3 Å². The van der Waals surface area contributed by atoms with Gasteiger partial charge in [0, 0.05) is 44.5 Å². The lowest BCUT2D eigenvalue weighted by molar-refractivity contribution is -0.128. The van der Waals surface area contributed by atoms with E-state index < -0.39 is 0 Å². The zero-order valence-corrected chi connectivity index (χ0v) is 14.4. The van der Waals surface area contributed by atoms with Crippen LogP contribution in [0.4, 0.5) is 5.69 Å². The Morgan fingerprint density at radius 2 is 1.74 bits per heavy atom. The lowest BCUT2D eigenvalue weighted by atomic mass is 9.79. The van der Waals surface area contributed by atoms with Crippen molar-refractivity contribution in [2.24, 2.45) is 5.41 Å². The molecule has 2 heterocycles. The molecule has 0 aliphatic carbocycles. The fraction of sp³-hybridized carbons (Fsp3) is 0.632. The van der Waals surface area contributed by atoms with Crippen LogP contribution >= 0.6 is 0 Å². The van der Waals surface area contributed by atoms with E-state index in [0.29, 0.717) is 6.04 Å². The van der Waals surface area contributed by atoms with Crippen LogP contribution < -0.4 is 10.2 Å². The minimum absolute atomic E-state index is 0.115. The molecule has 0 aromatic heterocycles. The summed E-state index contributed by atoms with van der Waals surface area (Å²) in [7, 11) is 0. The standard InChI is InChI=1S/C19H29N3O/c1-3-19(4-2)14-16(20-18(19)23)15-21-10-12-22(13-11-21)17-8-6-5-7-9-17/h5-9,16H,3-4,10-15H2,1-2H3,(H,20,23)/t16-/m1/s1. The van der Waals surface area contributed by atoms with Gasteiger partial charge in [-0.25, -0.2) is 0 Å². The predicted molar refractivity (Wildman–Crippen MR) is 94.7 cm³/mol. The number of rotatable bonds is 5. The Hall–Kier alpha value is -1.55. The van der Waals surface area contributed by atoms with Crippen LogP contribution in [0.3, 0.4) is 0 Å². The van der Waals surface area contributed by atoms with Crippen molar-refractivity contribution in [1.82, 2.24) is 10.2 Å². The van der Waals surface area contributed by atoms with Gasteiger partial charge in [0.15, 0.2) is 0 Å². The Kier molecular flexibility index (Phi) is 4.90. The first-order valence-corrected chi connectivity index (χ1v) is 9.00. The SMILES string of the molecule is CCC1(CC)C[C@H](CN2CCN(c3ccccc3)CC2)NC1=O. The van der Waals surface area contributed by atoms with E-state index in [1.165, 1.54) is 5.69 Å². The molecule has 1 atom stereocenters. The van der Waals surface area contributed by atoms with Crippen LogP contribution in [-0.2, 0) is 4.79 Å². The minimum atomic E-state index is -0.115. The summed E-state index contributed by atoms with van der Waals surface area (Å²) >= 11 is 0. The van der Waals surface area contributed by atoms with Crippen LogP contribution in [0.1, 0.15) is 33.1 Å². The first-order valence-electron chi connectivity index (χ1n) is 9.00. The Bertz CT molecular complexity index is 519. The molecular weight excluding hydrogens is 286 g/mol. The highest BCUT2D eigenvalue weighted by Crippen LogP contribution is 2.37. The van der Waals surface area contributed by atoms with Crippen LogP contribution in [-0.4, -0.2) is 49.6 Å². The highest BCUT2D eigenvalue weighted by molar-refractivity contribution is 5.85. The summed E-state index contributed by atoms with van der Waals surface area (Å²) in [5, 5.41) is 3.24. The van der Waals surface area contributed by atoms with Gasteiger partial charge in [-0.05, 0) is 31.4 Å². The average Bonchev–Trinajstić information content (AvgIpc) is 2.92. The van der Waals surface area contributed by atoms with Crippen molar-refractivity contribution in [3.63, 3.8) is 0 Å². The molecule has 1 N–H and O–H groups in total. The third-order valence-corrected chi connectivity index (χ3v) is 5.78. The molecule has 1 aromatic rings. The van der Waals surface area contributed by atoms with E-state index in [-0.39, 0.29) is 11.3 Å². The molecule has 0 saturated carbocycles. The van der Waals surface area contributed by atoms with Crippen molar-refractivity contribution in [1.29, 1.82) is 0 Å². The molecule has 2 aliphatic rings. The van der Waals surface area contributed by atoms with E-state index in [2.05, 4.69) is 59.3 Å². The van der Waals surface area contributed by atoms with Crippen LogP contribution in [0.25, 0.3) is 0 Å². The molecule has 0 radical (unpaired) electrons. The number of nitrogens with zero attached hydrogens (tertiary/aromatic N) is 2. The number of benzene rings is 1. The van der Waals surface area contributed by atoms with Crippen molar-refractivity contribution in [3.8, 4) is 0 Å². The second-order valence-corrected chi connectivity index (χ2v) is 6.99. The molecule has 0 unspecified atom stereocenters. The second kappa shape index (κ2) is 6.91. The highest BCUT2D eigenvalue weighted by Gasteiger charge is 2.44. The molecule has 0 bridgehead atoms. The molecule has 23 heavy (non-hydrogen) atoms. The van der Waals surface area contributed by atoms with Crippen LogP contribution in [0.15, 0.2) is 30.3 Å². The predicted octanol–water partition coefficient (Wildman–Crippen LogP) is 2.50. The Labute approximate surface area is 139 Å². The molecular formula is C19H29N3O. The molecule has 4 nitrogen and oxygen atoms in total. The van der Waals surface area contributed by atoms with Crippen molar-refractivity contribution in [2.75, 3.05) is 37.6 Å². The van der Waals surface area contributed by atoms with Crippen LogP contribution in [0.5, 0.6) is 0 Å². The van der Waals surface area contributed by atoms with Gasteiger partial charge in [-0.2, -0.15) is 0 Å². The van der Waals surface area contributed by atoms with Gasteiger partial charge in [0.25, 0.3) is 0 Å². The number of nitrogens with one attached hydrogen (secondary N) is 1. The number of piperazine rings is 1. The van der Waals surface area contributed by atoms with E-state index >= 15 is 0 Å². The quantitative estimate of drug-likeness (QED) is 0.907. The molecule has 2 fully saturated rings. The molecule has 3 rings (SSSR count). The molecule has 2 aliphatic heterocycles. The molecule has 2 saturated heterocycles. The van der Waals surface area contributed by atoms with Gasteiger partial charge in [0.05, 0.1) is 5.41 Å². The van der Waals surface area contributed by atoms with E-state index in [0.717, 1.165) is 52.0 Å². The highest BCUT2D eigenvalue weighted by atomic mass is 16.2. The smallest absolute Gasteiger partial charge is 0.226 e. The monoisotopic (exact) mass is 315 g/mol. The summed E-state index contributed by atoms with van der Waals surface area (Å²) < 4.78 is 0. The van der Waals surface area contributed by atoms with Gasteiger partial charge in [-0.3, -0.25) is 9.69 Å². The molecule has 0 spiro atoms. The van der Waals surface area contributed by atoms with E-state index in [4.69, 9.17) is 0 Å². The van der Waals surface area contributed by atoms with Gasteiger partial charge >= 0.3 is 0 Å². The molecule has 1 amide bonds. The zero-order chi connectivity index (χ0) is 16.3. The third kappa shape index (κ3) is 3.37. The normalized spacial score (nSPS) is 24.7. The summed E-state index contributed by atoms with van der Waals surface area (Å²) in [5.74, 6) is 0.274. The first kappa shape index (κ1) is 16.3. The maximum Gasteiger partial charge on any atom is 0.226 e.